The van der Waals surface area contributed by atoms with Crippen molar-refractivity contribution in [3.05, 3.63) is 52.0 Å². The first-order chi connectivity index (χ1) is 7.36. The van der Waals surface area contributed by atoms with Gasteiger partial charge in [-0.25, -0.2) is 0 Å². The number of nitrogens with one attached hydrogen (secondary N) is 1. The third-order valence-corrected chi connectivity index (χ3v) is 3.38. The Kier molecular flexibility index (Phi) is 1.82. The molecule has 15 heavy (non-hydrogen) atoms. The number of pyridine rings is 1. The van der Waals surface area contributed by atoms with Crippen LogP contribution >= 0.6 is 11.3 Å². The molecule has 1 atom stereocenters. The molecule has 4 heteroatoms. The molecule has 0 fully saturated rings. The molecule has 1 aliphatic heterocycles. The Morgan fingerprint density at radius 2 is 2.07 bits per heavy atom. The van der Waals surface area contributed by atoms with Crippen LogP contribution in [0.1, 0.15) is 22.1 Å². The maximum absolute atomic E-state index is 7.70. The Labute approximate surface area is 90.9 Å². The number of hydrogen-bond donors (Lipinski definition) is 1. The summed E-state index contributed by atoms with van der Waals surface area (Å²) in [4.78, 5) is 5.09. The topological polar surface area (TPSA) is 46.0 Å². The molecular weight excluding hydrogens is 208 g/mol. The van der Waals surface area contributed by atoms with Gasteiger partial charge in [0.1, 0.15) is 0 Å². The van der Waals surface area contributed by atoms with Gasteiger partial charge in [0, 0.05) is 18.0 Å². The zero-order valence-electron chi connectivity index (χ0n) is 7.81. The van der Waals surface area contributed by atoms with Gasteiger partial charge in [0.2, 0.25) is 5.90 Å². The van der Waals surface area contributed by atoms with Crippen molar-refractivity contribution >= 4 is 17.2 Å². The van der Waals surface area contributed by atoms with E-state index in [9.17, 15) is 0 Å². The third-order valence-electron chi connectivity index (χ3n) is 2.42. The van der Waals surface area contributed by atoms with E-state index in [-0.39, 0.29) is 12.0 Å². The van der Waals surface area contributed by atoms with Crippen molar-refractivity contribution in [2.75, 3.05) is 0 Å². The highest BCUT2D eigenvalue weighted by Crippen LogP contribution is 2.38. The molecule has 2 aromatic heterocycles. The lowest BCUT2D eigenvalue weighted by Crippen LogP contribution is -2.00. The van der Waals surface area contributed by atoms with Crippen LogP contribution < -0.4 is 0 Å². The van der Waals surface area contributed by atoms with E-state index in [1.54, 1.807) is 23.7 Å². The summed E-state index contributed by atoms with van der Waals surface area (Å²) in [6, 6.07) is 5.78. The third kappa shape index (κ3) is 1.26. The monoisotopic (exact) mass is 216 g/mol. The largest absolute Gasteiger partial charge is 0.464 e. The van der Waals surface area contributed by atoms with Gasteiger partial charge in [0.15, 0.2) is 6.10 Å². The SMILES string of the molecule is N=C1OC(c2ccncc2)c2sccc21. The number of ether oxygens (including phenoxy) is 1. The molecule has 1 aliphatic rings. The second-order valence-electron chi connectivity index (χ2n) is 3.31. The Morgan fingerprint density at radius 1 is 1.27 bits per heavy atom. The van der Waals surface area contributed by atoms with Gasteiger partial charge in [0.25, 0.3) is 0 Å². The fourth-order valence-electron chi connectivity index (χ4n) is 1.70. The van der Waals surface area contributed by atoms with Crippen LogP contribution in [0.3, 0.4) is 0 Å². The van der Waals surface area contributed by atoms with Gasteiger partial charge in [-0.3, -0.25) is 10.4 Å². The normalized spacial score (nSPS) is 18.7. The maximum atomic E-state index is 7.70. The molecule has 3 nitrogen and oxygen atoms in total. The molecular formula is C11H8N2OS. The summed E-state index contributed by atoms with van der Waals surface area (Å²) in [6.45, 7) is 0. The molecule has 0 aliphatic carbocycles. The number of thiophene rings is 1. The highest BCUT2D eigenvalue weighted by molar-refractivity contribution is 7.10. The first-order valence-electron chi connectivity index (χ1n) is 4.59. The Bertz CT molecular complexity index is 506. The molecule has 1 N–H and O–H groups in total. The smallest absolute Gasteiger partial charge is 0.215 e. The van der Waals surface area contributed by atoms with E-state index in [2.05, 4.69) is 4.98 Å². The van der Waals surface area contributed by atoms with Crippen molar-refractivity contribution in [2.24, 2.45) is 0 Å². The average molecular weight is 216 g/mol. The van der Waals surface area contributed by atoms with Crippen molar-refractivity contribution in [1.29, 1.82) is 5.41 Å². The molecule has 3 heterocycles. The first kappa shape index (κ1) is 8.61. The van der Waals surface area contributed by atoms with E-state index in [1.807, 2.05) is 23.6 Å². The molecule has 0 aromatic carbocycles. The van der Waals surface area contributed by atoms with E-state index < -0.39 is 0 Å². The van der Waals surface area contributed by atoms with E-state index in [0.29, 0.717) is 0 Å². The van der Waals surface area contributed by atoms with Crippen LogP contribution in [0.25, 0.3) is 0 Å². The zero-order chi connectivity index (χ0) is 10.3. The Balaban J connectivity index is 2.09. The van der Waals surface area contributed by atoms with Crippen molar-refractivity contribution < 1.29 is 4.74 Å². The average Bonchev–Trinajstić information content (AvgIpc) is 2.84. The second kappa shape index (κ2) is 3.17. The summed E-state index contributed by atoms with van der Waals surface area (Å²) in [5, 5.41) is 9.69. The molecule has 2 aromatic rings. The summed E-state index contributed by atoms with van der Waals surface area (Å²) in [5.41, 5.74) is 1.97. The summed E-state index contributed by atoms with van der Waals surface area (Å²) in [6.07, 6.45) is 3.37. The molecule has 3 rings (SSSR count). The molecule has 0 bridgehead atoms. The lowest BCUT2D eigenvalue weighted by molar-refractivity contribution is 0.253. The zero-order valence-corrected chi connectivity index (χ0v) is 8.62. The minimum atomic E-state index is -0.115. The fraction of sp³-hybridized carbons (Fsp3) is 0.0909. The van der Waals surface area contributed by atoms with E-state index >= 15 is 0 Å². The van der Waals surface area contributed by atoms with Crippen molar-refractivity contribution in [3.63, 3.8) is 0 Å². The standard InChI is InChI=1S/C11H8N2OS/c12-11-8-3-6-15-10(8)9(14-11)7-1-4-13-5-2-7/h1-6,9,12H. The molecule has 0 saturated carbocycles. The number of nitrogens with zero attached hydrogens (tertiary/aromatic N) is 1. The molecule has 0 radical (unpaired) electrons. The van der Waals surface area contributed by atoms with Crippen molar-refractivity contribution in [2.45, 2.75) is 6.10 Å². The van der Waals surface area contributed by atoms with Gasteiger partial charge in [-0.2, -0.15) is 0 Å². The Hall–Kier alpha value is -1.68. The van der Waals surface area contributed by atoms with Crippen LogP contribution in [-0.4, -0.2) is 10.9 Å². The minimum Gasteiger partial charge on any atom is -0.464 e. The van der Waals surface area contributed by atoms with Gasteiger partial charge in [0.05, 0.1) is 10.4 Å². The lowest BCUT2D eigenvalue weighted by Gasteiger charge is -2.09. The van der Waals surface area contributed by atoms with Crippen LogP contribution in [0.15, 0.2) is 36.0 Å². The summed E-state index contributed by atoms with van der Waals surface area (Å²) in [7, 11) is 0. The van der Waals surface area contributed by atoms with Crippen LogP contribution in [0.4, 0.5) is 0 Å². The van der Waals surface area contributed by atoms with Crippen LogP contribution in [0.2, 0.25) is 0 Å². The molecule has 0 amide bonds. The summed E-state index contributed by atoms with van der Waals surface area (Å²) in [5.74, 6) is 0.271. The minimum absolute atomic E-state index is 0.115. The van der Waals surface area contributed by atoms with E-state index in [4.69, 9.17) is 10.1 Å². The van der Waals surface area contributed by atoms with E-state index in [1.165, 1.54) is 0 Å². The summed E-state index contributed by atoms with van der Waals surface area (Å²) < 4.78 is 5.52. The number of rotatable bonds is 1. The van der Waals surface area contributed by atoms with Gasteiger partial charge in [-0.05, 0) is 23.6 Å². The predicted molar refractivity (Wildman–Crippen MR) is 58.3 cm³/mol. The Morgan fingerprint density at radius 3 is 2.87 bits per heavy atom. The highest BCUT2D eigenvalue weighted by atomic mass is 32.1. The van der Waals surface area contributed by atoms with Crippen LogP contribution in [0.5, 0.6) is 0 Å². The second-order valence-corrected chi connectivity index (χ2v) is 4.25. The number of fused-ring (bicyclic) bond motifs is 1. The van der Waals surface area contributed by atoms with Crippen molar-refractivity contribution in [3.8, 4) is 0 Å². The molecule has 0 saturated heterocycles. The quantitative estimate of drug-likeness (QED) is 0.796. The molecule has 1 unspecified atom stereocenters. The predicted octanol–water partition coefficient (Wildman–Crippen LogP) is 2.59. The van der Waals surface area contributed by atoms with Crippen LogP contribution in [-0.2, 0) is 4.74 Å². The van der Waals surface area contributed by atoms with Gasteiger partial charge in [-0.15, -0.1) is 11.3 Å². The van der Waals surface area contributed by atoms with Gasteiger partial charge < -0.3 is 4.74 Å². The number of aromatic nitrogens is 1. The van der Waals surface area contributed by atoms with Crippen LogP contribution in [0, 0.1) is 5.41 Å². The van der Waals surface area contributed by atoms with Gasteiger partial charge in [-0.1, -0.05) is 0 Å². The highest BCUT2D eigenvalue weighted by Gasteiger charge is 2.30. The maximum Gasteiger partial charge on any atom is 0.215 e. The first-order valence-corrected chi connectivity index (χ1v) is 5.47. The van der Waals surface area contributed by atoms with Crippen molar-refractivity contribution in [1.82, 2.24) is 4.98 Å². The number of hydrogen-bond acceptors (Lipinski definition) is 4. The van der Waals surface area contributed by atoms with Gasteiger partial charge >= 0.3 is 0 Å². The molecule has 74 valence electrons. The van der Waals surface area contributed by atoms with E-state index in [0.717, 1.165) is 16.0 Å². The fourth-order valence-corrected chi connectivity index (χ4v) is 2.65. The molecule has 0 spiro atoms. The lowest BCUT2D eigenvalue weighted by atomic mass is 10.1. The summed E-state index contributed by atoms with van der Waals surface area (Å²) >= 11 is 1.63.